The number of hydrogen-bond donors (Lipinski definition) is 1. The van der Waals surface area contributed by atoms with Gasteiger partial charge < -0.3 is 5.32 Å². The van der Waals surface area contributed by atoms with Gasteiger partial charge in [0, 0.05) is 6.26 Å². The van der Waals surface area contributed by atoms with Gasteiger partial charge in [0.1, 0.15) is 6.54 Å². The van der Waals surface area contributed by atoms with Crippen LogP contribution in [0, 0.1) is 0 Å². The van der Waals surface area contributed by atoms with E-state index in [2.05, 4.69) is 5.32 Å². The summed E-state index contributed by atoms with van der Waals surface area (Å²) in [5, 5.41) is 2.81. The number of carbonyl (C=O) groups is 1. The zero-order valence-corrected chi connectivity index (χ0v) is 21.8. The molecule has 3 rings (SSSR count). The Morgan fingerprint density at radius 1 is 0.771 bits per heavy atom. The van der Waals surface area contributed by atoms with Crippen molar-refractivity contribution in [1.29, 1.82) is 0 Å². The van der Waals surface area contributed by atoms with Crippen LogP contribution in [-0.2, 0) is 24.7 Å². The van der Waals surface area contributed by atoms with Gasteiger partial charge in [-0.05, 0) is 60.4 Å². The molecule has 0 saturated heterocycles. The highest BCUT2D eigenvalue weighted by molar-refractivity contribution is 7.93. The molecule has 3 aromatic carbocycles. The van der Waals surface area contributed by atoms with Crippen LogP contribution < -0.4 is 9.62 Å². The average molecular weight is 515 g/mol. The molecule has 0 unspecified atom stereocenters. The lowest BCUT2D eigenvalue weighted by Gasteiger charge is -2.25. The summed E-state index contributed by atoms with van der Waals surface area (Å²) >= 11 is 0. The quantitative estimate of drug-likeness (QED) is 0.459. The fourth-order valence-corrected chi connectivity index (χ4v) is 5.64. The van der Waals surface area contributed by atoms with Crippen LogP contribution in [0.3, 0.4) is 0 Å². The molecule has 1 amide bonds. The van der Waals surface area contributed by atoms with Crippen LogP contribution in [0.5, 0.6) is 0 Å². The Kier molecular flexibility index (Phi) is 8.02. The minimum absolute atomic E-state index is 0.0881. The Morgan fingerprint density at radius 2 is 1.31 bits per heavy atom. The smallest absolute Gasteiger partial charge is 0.264 e. The summed E-state index contributed by atoms with van der Waals surface area (Å²) in [4.78, 5) is 13.2. The molecule has 0 radical (unpaired) electrons. The third-order valence-electron chi connectivity index (χ3n) is 5.65. The summed E-state index contributed by atoms with van der Waals surface area (Å²) in [6.45, 7) is 5.43. The summed E-state index contributed by atoms with van der Waals surface area (Å²) in [6.07, 6.45) is 1.13. The van der Waals surface area contributed by atoms with Crippen molar-refractivity contribution in [2.75, 3.05) is 17.1 Å². The first-order valence-corrected chi connectivity index (χ1v) is 14.5. The standard InChI is InChI=1S/C26H30N2O5S2/c1-19(2)21-10-14-23(15-11-21)28(35(32,33)25-8-6-5-7-9-25)18-26(29)27-20(3)22-12-16-24(17-13-22)34(4,30)31/h5-17,19-20H,18H2,1-4H3,(H,27,29)/t20-/m1/s1. The molecule has 186 valence electrons. The Hall–Kier alpha value is -3.17. The van der Waals surface area contributed by atoms with Crippen LogP contribution in [0.15, 0.2) is 88.7 Å². The molecule has 35 heavy (non-hydrogen) atoms. The van der Waals surface area contributed by atoms with E-state index in [1.807, 2.05) is 26.0 Å². The van der Waals surface area contributed by atoms with Gasteiger partial charge in [0.15, 0.2) is 9.84 Å². The van der Waals surface area contributed by atoms with Crippen molar-refractivity contribution in [3.63, 3.8) is 0 Å². The lowest BCUT2D eigenvalue weighted by molar-refractivity contribution is -0.120. The van der Waals surface area contributed by atoms with Gasteiger partial charge in [0.25, 0.3) is 10.0 Å². The third-order valence-corrected chi connectivity index (χ3v) is 8.57. The van der Waals surface area contributed by atoms with Gasteiger partial charge in [-0.2, -0.15) is 0 Å². The lowest BCUT2D eigenvalue weighted by Crippen LogP contribution is -2.41. The second-order valence-corrected chi connectivity index (χ2v) is 12.6. The molecule has 0 fully saturated rings. The van der Waals surface area contributed by atoms with Crippen molar-refractivity contribution in [3.05, 3.63) is 90.0 Å². The minimum Gasteiger partial charge on any atom is -0.348 e. The second-order valence-electron chi connectivity index (χ2n) is 8.70. The van der Waals surface area contributed by atoms with Gasteiger partial charge in [-0.1, -0.05) is 56.3 Å². The highest BCUT2D eigenvalue weighted by Gasteiger charge is 2.27. The van der Waals surface area contributed by atoms with E-state index in [1.54, 1.807) is 49.4 Å². The van der Waals surface area contributed by atoms with Crippen LogP contribution >= 0.6 is 0 Å². The first kappa shape index (κ1) is 26.4. The van der Waals surface area contributed by atoms with E-state index >= 15 is 0 Å². The van der Waals surface area contributed by atoms with E-state index in [-0.39, 0.29) is 15.7 Å². The van der Waals surface area contributed by atoms with Crippen LogP contribution in [0.1, 0.15) is 43.9 Å². The predicted octanol–water partition coefficient (Wildman–Crippen LogP) is 4.29. The monoisotopic (exact) mass is 514 g/mol. The number of nitrogens with one attached hydrogen (secondary N) is 1. The fourth-order valence-electron chi connectivity index (χ4n) is 3.56. The highest BCUT2D eigenvalue weighted by Crippen LogP contribution is 2.26. The van der Waals surface area contributed by atoms with E-state index in [9.17, 15) is 21.6 Å². The van der Waals surface area contributed by atoms with Crippen LogP contribution in [0.2, 0.25) is 0 Å². The number of sulfonamides is 1. The van der Waals surface area contributed by atoms with Crippen molar-refractivity contribution in [3.8, 4) is 0 Å². The number of rotatable bonds is 9. The third kappa shape index (κ3) is 6.49. The number of nitrogens with zero attached hydrogens (tertiary/aromatic N) is 1. The van der Waals surface area contributed by atoms with Crippen molar-refractivity contribution < 1.29 is 21.6 Å². The van der Waals surface area contributed by atoms with E-state index < -0.39 is 38.4 Å². The molecule has 0 saturated carbocycles. The molecule has 0 bridgehead atoms. The Labute approximate surface area is 207 Å². The molecule has 1 atom stereocenters. The molecule has 0 aliphatic carbocycles. The average Bonchev–Trinajstić information content (AvgIpc) is 2.82. The van der Waals surface area contributed by atoms with Gasteiger partial charge in [-0.3, -0.25) is 9.10 Å². The summed E-state index contributed by atoms with van der Waals surface area (Å²) in [5.74, 6) is -0.210. The molecular weight excluding hydrogens is 484 g/mol. The molecule has 3 aromatic rings. The molecule has 0 heterocycles. The van der Waals surface area contributed by atoms with E-state index in [0.29, 0.717) is 11.3 Å². The fraction of sp³-hybridized carbons (Fsp3) is 0.269. The molecule has 9 heteroatoms. The van der Waals surface area contributed by atoms with Gasteiger partial charge in [0.2, 0.25) is 5.91 Å². The maximum Gasteiger partial charge on any atom is 0.264 e. The molecule has 1 N–H and O–H groups in total. The maximum absolute atomic E-state index is 13.5. The Bertz CT molecular complexity index is 1370. The van der Waals surface area contributed by atoms with Crippen molar-refractivity contribution in [2.24, 2.45) is 0 Å². The van der Waals surface area contributed by atoms with Crippen LogP contribution in [-0.4, -0.2) is 35.5 Å². The zero-order valence-electron chi connectivity index (χ0n) is 20.2. The number of sulfone groups is 1. The van der Waals surface area contributed by atoms with E-state index in [1.165, 1.54) is 24.3 Å². The summed E-state index contributed by atoms with van der Waals surface area (Å²) in [5.41, 5.74) is 2.14. The minimum atomic E-state index is -4.00. The number of benzene rings is 3. The predicted molar refractivity (Wildman–Crippen MR) is 138 cm³/mol. The summed E-state index contributed by atoms with van der Waals surface area (Å²) in [7, 11) is -7.33. The first-order valence-electron chi connectivity index (χ1n) is 11.2. The molecule has 0 aromatic heterocycles. The van der Waals surface area contributed by atoms with Crippen molar-refractivity contribution in [1.82, 2.24) is 5.32 Å². The van der Waals surface area contributed by atoms with Gasteiger partial charge in [-0.15, -0.1) is 0 Å². The number of amides is 1. The van der Waals surface area contributed by atoms with Crippen molar-refractivity contribution >= 4 is 31.5 Å². The van der Waals surface area contributed by atoms with Gasteiger partial charge in [0.05, 0.1) is 21.5 Å². The number of hydrogen-bond acceptors (Lipinski definition) is 5. The number of carbonyl (C=O) groups excluding carboxylic acids is 1. The normalized spacial score (nSPS) is 12.8. The zero-order chi connectivity index (χ0) is 25.8. The lowest BCUT2D eigenvalue weighted by atomic mass is 10.0. The van der Waals surface area contributed by atoms with E-state index in [4.69, 9.17) is 0 Å². The maximum atomic E-state index is 13.5. The van der Waals surface area contributed by atoms with Crippen LogP contribution in [0.4, 0.5) is 5.69 Å². The first-order chi connectivity index (χ1) is 16.4. The largest absolute Gasteiger partial charge is 0.348 e. The summed E-state index contributed by atoms with van der Waals surface area (Å²) < 4.78 is 51.4. The topological polar surface area (TPSA) is 101 Å². The van der Waals surface area contributed by atoms with E-state index in [0.717, 1.165) is 16.1 Å². The van der Waals surface area contributed by atoms with Gasteiger partial charge in [-0.25, -0.2) is 16.8 Å². The molecule has 0 aliphatic rings. The summed E-state index contributed by atoms with van der Waals surface area (Å²) in [6, 6.07) is 20.9. The Morgan fingerprint density at radius 3 is 1.83 bits per heavy atom. The van der Waals surface area contributed by atoms with Crippen LogP contribution in [0.25, 0.3) is 0 Å². The number of anilines is 1. The highest BCUT2D eigenvalue weighted by atomic mass is 32.2. The SMILES string of the molecule is CC(C)c1ccc(N(CC(=O)N[C@H](C)c2ccc(S(C)(=O)=O)cc2)S(=O)(=O)c2ccccc2)cc1. The van der Waals surface area contributed by atoms with Gasteiger partial charge >= 0.3 is 0 Å². The second kappa shape index (κ2) is 10.6. The molecule has 0 spiro atoms. The molecule has 7 nitrogen and oxygen atoms in total. The molecular formula is C26H30N2O5S2. The Balaban J connectivity index is 1.86. The molecule has 0 aliphatic heterocycles. The van der Waals surface area contributed by atoms with Crippen molar-refractivity contribution in [2.45, 2.75) is 42.5 Å².